The van der Waals surface area contributed by atoms with E-state index in [-0.39, 0.29) is 15.9 Å². The molecule has 0 atom stereocenters. The van der Waals surface area contributed by atoms with Crippen LogP contribution in [0.3, 0.4) is 0 Å². The molecular weight excluding hydrogens is 263 g/mol. The average molecular weight is 274 g/mol. The van der Waals surface area contributed by atoms with E-state index in [1.165, 1.54) is 6.07 Å². The number of hydrogen-bond donors (Lipinski definition) is 0. The topological polar surface area (TPSA) is 12.9 Å². The van der Waals surface area contributed by atoms with E-state index in [0.29, 0.717) is 18.0 Å². The lowest BCUT2D eigenvalue weighted by molar-refractivity contribution is 0.453. The molecule has 0 unspecified atom stereocenters. The van der Waals surface area contributed by atoms with E-state index in [1.54, 1.807) is 0 Å². The number of rotatable bonds is 2. The van der Waals surface area contributed by atoms with Gasteiger partial charge in [-0.15, -0.1) is 0 Å². The van der Waals surface area contributed by atoms with E-state index in [1.807, 2.05) is 13.8 Å². The first-order valence-electron chi connectivity index (χ1n) is 5.52. The van der Waals surface area contributed by atoms with Gasteiger partial charge in [0.25, 0.3) is 0 Å². The van der Waals surface area contributed by atoms with E-state index in [4.69, 9.17) is 11.6 Å². The lowest BCUT2D eigenvalue weighted by Crippen LogP contribution is -2.00. The van der Waals surface area contributed by atoms with Gasteiger partial charge in [0.05, 0.1) is 15.9 Å². The molecule has 0 saturated heterocycles. The van der Waals surface area contributed by atoms with Crippen molar-refractivity contribution in [2.75, 3.05) is 0 Å². The first-order valence-corrected chi connectivity index (χ1v) is 5.90. The Labute approximate surface area is 108 Å². The van der Waals surface area contributed by atoms with E-state index in [0.717, 1.165) is 6.07 Å². The second-order valence-corrected chi connectivity index (χ2v) is 4.98. The minimum Gasteiger partial charge on any atom is -0.253 e. The highest BCUT2D eigenvalue weighted by atomic mass is 35.5. The highest BCUT2D eigenvalue weighted by Crippen LogP contribution is 2.29. The quantitative estimate of drug-likeness (QED) is 0.734. The molecule has 1 aromatic carbocycles. The lowest BCUT2D eigenvalue weighted by Gasteiger charge is -2.08. The smallest absolute Gasteiger partial charge is 0.195 e. The molecule has 1 heterocycles. The SMILES string of the molecule is CC(C)Cc1cc(Cl)c2c(F)c(F)c(F)cc2n1. The number of halogens is 4. The van der Waals surface area contributed by atoms with Gasteiger partial charge in [0.15, 0.2) is 17.5 Å². The lowest BCUT2D eigenvalue weighted by atomic mass is 10.1. The molecule has 0 spiro atoms. The summed E-state index contributed by atoms with van der Waals surface area (Å²) in [7, 11) is 0. The van der Waals surface area contributed by atoms with Gasteiger partial charge in [-0.2, -0.15) is 0 Å². The fraction of sp³-hybridized carbons (Fsp3) is 0.308. The van der Waals surface area contributed by atoms with Crippen LogP contribution in [0.15, 0.2) is 12.1 Å². The maximum absolute atomic E-state index is 13.6. The largest absolute Gasteiger partial charge is 0.253 e. The van der Waals surface area contributed by atoms with Gasteiger partial charge >= 0.3 is 0 Å². The van der Waals surface area contributed by atoms with Crippen molar-refractivity contribution in [2.24, 2.45) is 5.92 Å². The number of pyridine rings is 1. The molecule has 1 nitrogen and oxygen atoms in total. The predicted molar refractivity (Wildman–Crippen MR) is 65.2 cm³/mol. The fourth-order valence-electron chi connectivity index (χ4n) is 1.83. The fourth-order valence-corrected chi connectivity index (χ4v) is 2.13. The maximum atomic E-state index is 13.6. The Bertz CT molecular complexity index is 611. The van der Waals surface area contributed by atoms with Gasteiger partial charge in [0.1, 0.15) is 0 Å². The highest BCUT2D eigenvalue weighted by molar-refractivity contribution is 6.35. The molecule has 1 aromatic heterocycles. The number of aromatic nitrogens is 1. The van der Waals surface area contributed by atoms with Crippen molar-refractivity contribution >= 4 is 22.5 Å². The molecule has 0 aliphatic rings. The summed E-state index contributed by atoms with van der Waals surface area (Å²) in [5.41, 5.74) is 0.669. The summed E-state index contributed by atoms with van der Waals surface area (Å²) < 4.78 is 39.8. The van der Waals surface area contributed by atoms with Gasteiger partial charge in [-0.25, -0.2) is 13.2 Å². The normalized spacial score (nSPS) is 11.5. The summed E-state index contributed by atoms with van der Waals surface area (Å²) in [6.45, 7) is 3.98. The minimum atomic E-state index is -1.53. The molecule has 0 radical (unpaired) electrons. The number of benzene rings is 1. The van der Waals surface area contributed by atoms with Crippen LogP contribution in [0.25, 0.3) is 10.9 Å². The van der Waals surface area contributed by atoms with Crippen molar-refractivity contribution in [3.63, 3.8) is 0 Å². The van der Waals surface area contributed by atoms with E-state index < -0.39 is 17.5 Å². The Hall–Kier alpha value is -1.29. The molecule has 0 amide bonds. The zero-order valence-corrected chi connectivity index (χ0v) is 10.7. The van der Waals surface area contributed by atoms with Crippen LogP contribution >= 0.6 is 11.6 Å². The molecular formula is C13H11ClF3N. The van der Waals surface area contributed by atoms with Crippen molar-refractivity contribution in [1.82, 2.24) is 4.98 Å². The van der Waals surface area contributed by atoms with E-state index in [2.05, 4.69) is 4.98 Å². The van der Waals surface area contributed by atoms with Gasteiger partial charge in [-0.3, -0.25) is 4.98 Å². The molecule has 5 heteroatoms. The molecule has 18 heavy (non-hydrogen) atoms. The van der Waals surface area contributed by atoms with Crippen LogP contribution in [0.1, 0.15) is 19.5 Å². The Kier molecular flexibility index (Phi) is 3.48. The summed E-state index contributed by atoms with van der Waals surface area (Å²) >= 11 is 5.91. The molecule has 2 rings (SSSR count). The first-order chi connectivity index (χ1) is 8.40. The number of fused-ring (bicyclic) bond motifs is 1. The van der Waals surface area contributed by atoms with Crippen LogP contribution in [-0.4, -0.2) is 4.98 Å². The van der Waals surface area contributed by atoms with Crippen molar-refractivity contribution in [3.8, 4) is 0 Å². The third kappa shape index (κ3) is 2.29. The summed E-state index contributed by atoms with van der Waals surface area (Å²) in [4.78, 5) is 4.11. The summed E-state index contributed by atoms with van der Waals surface area (Å²) in [5.74, 6) is -3.74. The number of hydrogen-bond acceptors (Lipinski definition) is 1. The standard InChI is InChI=1S/C13H11ClF3N/c1-6(2)3-7-4-8(14)11-10(18-7)5-9(15)12(16)13(11)17/h4-6H,3H2,1-2H3. The zero-order valence-electron chi connectivity index (χ0n) is 9.90. The minimum absolute atomic E-state index is 0.0366. The van der Waals surface area contributed by atoms with Crippen LogP contribution in [-0.2, 0) is 6.42 Å². The van der Waals surface area contributed by atoms with Crippen LogP contribution < -0.4 is 0 Å². The van der Waals surface area contributed by atoms with Gasteiger partial charge in [-0.05, 0) is 18.4 Å². The average Bonchev–Trinajstić information content (AvgIpc) is 2.24. The zero-order chi connectivity index (χ0) is 13.4. The van der Waals surface area contributed by atoms with Gasteiger partial charge in [0, 0.05) is 11.8 Å². The van der Waals surface area contributed by atoms with Crippen molar-refractivity contribution in [2.45, 2.75) is 20.3 Å². The molecule has 0 fully saturated rings. The van der Waals surface area contributed by atoms with Crippen molar-refractivity contribution < 1.29 is 13.2 Å². The summed E-state index contributed by atoms with van der Waals surface area (Å²) in [6.07, 6.45) is 0.635. The van der Waals surface area contributed by atoms with Crippen LogP contribution in [0, 0.1) is 23.4 Å². The molecule has 0 bridgehead atoms. The molecule has 0 aliphatic heterocycles. The van der Waals surface area contributed by atoms with E-state index >= 15 is 0 Å². The Morgan fingerprint density at radius 3 is 2.44 bits per heavy atom. The van der Waals surface area contributed by atoms with E-state index in [9.17, 15) is 13.2 Å². The molecule has 2 aromatic rings. The van der Waals surface area contributed by atoms with Crippen molar-refractivity contribution in [1.29, 1.82) is 0 Å². The third-order valence-corrected chi connectivity index (χ3v) is 2.85. The van der Waals surface area contributed by atoms with Gasteiger partial charge in [-0.1, -0.05) is 25.4 Å². The van der Waals surface area contributed by atoms with Crippen LogP contribution in [0.2, 0.25) is 5.02 Å². The van der Waals surface area contributed by atoms with Crippen LogP contribution in [0.5, 0.6) is 0 Å². The first kappa shape index (κ1) is 13.1. The van der Waals surface area contributed by atoms with Gasteiger partial charge < -0.3 is 0 Å². The maximum Gasteiger partial charge on any atom is 0.195 e. The monoisotopic (exact) mass is 273 g/mol. The highest BCUT2D eigenvalue weighted by Gasteiger charge is 2.17. The second kappa shape index (κ2) is 4.76. The molecule has 0 saturated carbocycles. The Morgan fingerprint density at radius 1 is 1.17 bits per heavy atom. The van der Waals surface area contributed by atoms with Gasteiger partial charge in [0.2, 0.25) is 0 Å². The molecule has 0 N–H and O–H groups in total. The predicted octanol–water partition coefficient (Wildman–Crippen LogP) is 4.50. The number of nitrogens with zero attached hydrogens (tertiary/aromatic N) is 1. The van der Waals surface area contributed by atoms with Crippen molar-refractivity contribution in [3.05, 3.63) is 40.3 Å². The Morgan fingerprint density at radius 2 is 1.83 bits per heavy atom. The summed E-state index contributed by atoms with van der Waals surface area (Å²) in [6, 6.07) is 2.35. The van der Waals surface area contributed by atoms with Crippen LogP contribution in [0.4, 0.5) is 13.2 Å². The Balaban J connectivity index is 2.70. The molecule has 96 valence electrons. The molecule has 0 aliphatic carbocycles. The summed E-state index contributed by atoms with van der Waals surface area (Å²) in [5, 5.41) is -0.130. The third-order valence-electron chi connectivity index (χ3n) is 2.56. The second-order valence-electron chi connectivity index (χ2n) is 4.57.